The van der Waals surface area contributed by atoms with Crippen molar-refractivity contribution in [3.8, 4) is 0 Å². The van der Waals surface area contributed by atoms with Gasteiger partial charge >= 0.3 is 6.18 Å². The second kappa shape index (κ2) is 5.90. The molecule has 0 saturated carbocycles. The number of hydrogen-bond acceptors (Lipinski definition) is 1. The predicted molar refractivity (Wildman–Crippen MR) is 92.2 cm³/mol. The monoisotopic (exact) mass is 362 g/mol. The maximum Gasteiger partial charge on any atom is 0.416 e. The summed E-state index contributed by atoms with van der Waals surface area (Å²) in [5.41, 5.74) is -0.587. The van der Waals surface area contributed by atoms with Gasteiger partial charge in [-0.05, 0) is 47.4 Å². The molecule has 122 valence electrons. The first-order valence-corrected chi connectivity index (χ1v) is 9.53. The van der Waals surface area contributed by atoms with Crippen molar-refractivity contribution in [3.63, 3.8) is 0 Å². The van der Waals surface area contributed by atoms with Gasteiger partial charge in [-0.1, -0.05) is 42.1 Å². The molecule has 0 radical (unpaired) electrons. The lowest BCUT2D eigenvalue weighted by Gasteiger charge is -2.31. The fraction of sp³-hybridized carbons (Fsp3) is 0.0526. The minimum absolute atomic E-state index is 0.587. The number of hydrogen-bond donors (Lipinski definition) is 1. The van der Waals surface area contributed by atoms with Gasteiger partial charge in [0.2, 0.25) is 0 Å². The average molecular weight is 362 g/mol. The molecule has 1 aliphatic rings. The van der Waals surface area contributed by atoms with Crippen LogP contribution in [0.3, 0.4) is 0 Å². The number of alkyl halides is 3. The van der Waals surface area contributed by atoms with E-state index in [2.05, 4.69) is 0 Å². The van der Waals surface area contributed by atoms with Crippen molar-refractivity contribution in [2.45, 2.75) is 30.7 Å². The van der Waals surface area contributed by atoms with Crippen LogP contribution in [0.2, 0.25) is 0 Å². The Balaban J connectivity index is 1.92. The Morgan fingerprint density at radius 2 is 1.29 bits per heavy atom. The Morgan fingerprint density at radius 1 is 0.708 bits per heavy atom. The summed E-state index contributed by atoms with van der Waals surface area (Å²) >= 11 is 1.68. The zero-order valence-corrected chi connectivity index (χ0v) is 14.1. The molecule has 0 bridgehead atoms. The lowest BCUT2D eigenvalue weighted by molar-refractivity contribution is -0.137. The predicted octanol–water partition coefficient (Wildman–Crippen LogP) is 6.65. The zero-order valence-electron chi connectivity index (χ0n) is 12.4. The van der Waals surface area contributed by atoms with Crippen LogP contribution < -0.4 is 0 Å². The number of rotatable bonds is 1. The van der Waals surface area contributed by atoms with E-state index in [1.165, 1.54) is 12.1 Å². The van der Waals surface area contributed by atoms with Crippen LogP contribution in [-0.2, 0) is 6.18 Å². The minimum Gasteiger partial charge on any atom is -0.171 e. The first-order chi connectivity index (χ1) is 11.5. The summed E-state index contributed by atoms with van der Waals surface area (Å²) in [6.07, 6.45) is -4.32. The first kappa shape index (κ1) is 15.7. The summed E-state index contributed by atoms with van der Waals surface area (Å²) in [7, 11) is -0.983. The van der Waals surface area contributed by atoms with Gasteiger partial charge in [-0.15, -0.1) is 0 Å². The van der Waals surface area contributed by atoms with Gasteiger partial charge in [-0.2, -0.15) is 24.1 Å². The van der Waals surface area contributed by atoms with E-state index in [9.17, 15) is 13.2 Å². The number of fused-ring (bicyclic) bond motifs is 2. The highest BCUT2D eigenvalue weighted by atomic mass is 32.2. The van der Waals surface area contributed by atoms with Crippen LogP contribution in [0.15, 0.2) is 97.3 Å². The van der Waals surface area contributed by atoms with E-state index >= 15 is 0 Å². The third-order valence-corrected chi connectivity index (χ3v) is 7.86. The van der Waals surface area contributed by atoms with Crippen molar-refractivity contribution in [2.75, 3.05) is 0 Å². The quantitative estimate of drug-likeness (QED) is 0.370. The lowest BCUT2D eigenvalue weighted by Crippen LogP contribution is -2.05. The summed E-state index contributed by atoms with van der Waals surface area (Å²) in [6.45, 7) is 0. The Hall–Kier alpha value is -1.85. The molecule has 0 aromatic heterocycles. The van der Waals surface area contributed by atoms with Crippen LogP contribution in [0.1, 0.15) is 5.56 Å². The van der Waals surface area contributed by atoms with E-state index in [0.29, 0.717) is 0 Å². The maximum atomic E-state index is 13.1. The number of halogens is 3. The van der Waals surface area contributed by atoms with Crippen LogP contribution in [0, 0.1) is 0 Å². The molecule has 3 aromatic rings. The molecule has 0 N–H and O–H groups in total. The van der Waals surface area contributed by atoms with E-state index in [-0.39, 0.29) is 0 Å². The fourth-order valence-electron chi connectivity index (χ4n) is 2.80. The van der Waals surface area contributed by atoms with E-state index in [4.69, 9.17) is 0 Å². The molecule has 0 unspecified atom stereocenters. The van der Waals surface area contributed by atoms with E-state index < -0.39 is 22.6 Å². The van der Waals surface area contributed by atoms with Gasteiger partial charge in [0.1, 0.15) is 0 Å². The standard InChI is InChI=1S/C19H13F3S2/c20-19(21,22)13-6-5-7-14(12-13)24-17-10-3-1-8-15(17)23-16-9-2-4-11-18(16)24/h1-12,24H. The molecule has 0 amide bonds. The third-order valence-electron chi connectivity index (χ3n) is 3.86. The molecule has 4 rings (SSSR count). The minimum atomic E-state index is -4.32. The Bertz CT molecular complexity index is 857. The Kier molecular flexibility index (Phi) is 3.85. The van der Waals surface area contributed by atoms with E-state index in [1.807, 2.05) is 54.6 Å². The Morgan fingerprint density at radius 3 is 1.88 bits per heavy atom. The van der Waals surface area contributed by atoms with Crippen molar-refractivity contribution in [1.29, 1.82) is 0 Å². The molecular weight excluding hydrogens is 349 g/mol. The molecule has 0 nitrogen and oxygen atoms in total. The molecule has 24 heavy (non-hydrogen) atoms. The molecular formula is C19H13F3S2. The fourth-order valence-corrected chi connectivity index (χ4v) is 6.88. The van der Waals surface area contributed by atoms with Crippen LogP contribution in [0.5, 0.6) is 0 Å². The Labute approximate surface area is 145 Å². The normalized spacial score (nSPS) is 14.9. The van der Waals surface area contributed by atoms with Gasteiger partial charge < -0.3 is 0 Å². The van der Waals surface area contributed by atoms with Crippen LogP contribution >= 0.6 is 22.7 Å². The largest absolute Gasteiger partial charge is 0.416 e. The van der Waals surface area contributed by atoms with Gasteiger partial charge in [0.15, 0.2) is 0 Å². The van der Waals surface area contributed by atoms with Gasteiger partial charge in [-0.3, -0.25) is 0 Å². The summed E-state index contributed by atoms with van der Waals surface area (Å²) < 4.78 is 39.4. The molecule has 0 atom stereocenters. The highest BCUT2D eigenvalue weighted by Crippen LogP contribution is 2.61. The van der Waals surface area contributed by atoms with Gasteiger partial charge in [-0.25, -0.2) is 0 Å². The van der Waals surface area contributed by atoms with Gasteiger partial charge in [0.25, 0.3) is 0 Å². The average Bonchev–Trinajstić information content (AvgIpc) is 2.59. The van der Waals surface area contributed by atoms with E-state index in [0.717, 1.165) is 30.5 Å². The second-order valence-corrected chi connectivity index (χ2v) is 8.66. The summed E-state index contributed by atoms with van der Waals surface area (Å²) in [5.74, 6) is 0. The zero-order chi connectivity index (χ0) is 16.7. The highest BCUT2D eigenvalue weighted by Gasteiger charge is 2.32. The summed E-state index contributed by atoms with van der Waals surface area (Å²) in [5, 5.41) is 0. The first-order valence-electron chi connectivity index (χ1n) is 7.37. The molecule has 3 aromatic carbocycles. The van der Waals surface area contributed by atoms with Crippen molar-refractivity contribution in [1.82, 2.24) is 0 Å². The summed E-state index contributed by atoms with van der Waals surface area (Å²) in [4.78, 5) is 5.23. The smallest absolute Gasteiger partial charge is 0.171 e. The molecule has 0 saturated heterocycles. The maximum absolute atomic E-state index is 13.1. The number of thiol groups is 1. The van der Waals surface area contributed by atoms with Crippen molar-refractivity contribution < 1.29 is 13.2 Å². The topological polar surface area (TPSA) is 0 Å². The summed E-state index contributed by atoms with van der Waals surface area (Å²) in [6, 6.07) is 21.8. The molecule has 1 aliphatic heterocycles. The molecule has 0 aliphatic carbocycles. The van der Waals surface area contributed by atoms with Crippen LogP contribution in [0.4, 0.5) is 13.2 Å². The highest BCUT2D eigenvalue weighted by molar-refractivity contribution is 8.18. The molecule has 5 heteroatoms. The van der Waals surface area contributed by atoms with Crippen molar-refractivity contribution in [2.24, 2.45) is 0 Å². The van der Waals surface area contributed by atoms with Gasteiger partial charge in [0, 0.05) is 19.6 Å². The van der Waals surface area contributed by atoms with Crippen molar-refractivity contribution in [3.05, 3.63) is 78.4 Å². The molecule has 0 spiro atoms. The van der Waals surface area contributed by atoms with Crippen LogP contribution in [-0.4, -0.2) is 0 Å². The molecule has 0 fully saturated rings. The van der Waals surface area contributed by atoms with E-state index in [1.54, 1.807) is 11.8 Å². The molecule has 1 heterocycles. The van der Waals surface area contributed by atoms with Crippen molar-refractivity contribution >= 4 is 22.7 Å². The SMILES string of the molecule is FC(F)(F)c1cccc([SH]2c3ccccc3Sc3ccccc32)c1. The number of benzene rings is 3. The van der Waals surface area contributed by atoms with Gasteiger partial charge in [0.05, 0.1) is 5.56 Å². The van der Waals surface area contributed by atoms with Crippen LogP contribution in [0.25, 0.3) is 0 Å². The lowest BCUT2D eigenvalue weighted by atomic mass is 10.2. The second-order valence-electron chi connectivity index (χ2n) is 5.42. The third kappa shape index (κ3) is 2.72.